The molecule has 5 rings (SSSR count). The van der Waals surface area contributed by atoms with Crippen molar-refractivity contribution in [2.75, 3.05) is 20.3 Å². The van der Waals surface area contributed by atoms with Gasteiger partial charge in [0.2, 0.25) is 6.29 Å². The molecule has 3 heterocycles. The van der Waals surface area contributed by atoms with Crippen molar-refractivity contribution in [1.82, 2.24) is 0 Å². The first kappa shape index (κ1) is 31.9. The standard InChI is InChI=1S/C29H34O15/c1-11-23(33)26(36)24(34)20(41-11)9-40-10-21-25(35)27(37)28(38)29(44-21)42-13-6-15(31)22-16(32)8-18(43-19(22)7-13)12-3-4-17(39-2)14(30)5-12/h3-8,11,20-21,23-31,33-38H,9-10H2,1-2H3/t11-,20-,21+,23-,24-,25+,26+,27-,28+,29+/m0/s1. The Morgan fingerprint density at radius 1 is 0.773 bits per heavy atom. The van der Waals surface area contributed by atoms with Gasteiger partial charge in [0.15, 0.2) is 16.9 Å². The number of aromatic hydroxyl groups is 2. The molecular formula is C29H34O15. The lowest BCUT2D eigenvalue weighted by Gasteiger charge is -2.41. The van der Waals surface area contributed by atoms with E-state index in [4.69, 9.17) is 28.1 Å². The molecule has 2 aliphatic rings. The first-order chi connectivity index (χ1) is 20.9. The van der Waals surface area contributed by atoms with Crippen molar-refractivity contribution in [2.24, 2.45) is 0 Å². The molecule has 2 aromatic carbocycles. The fraction of sp³-hybridized carbons (Fsp3) is 0.483. The number of benzene rings is 2. The molecular weight excluding hydrogens is 588 g/mol. The molecule has 2 fully saturated rings. The lowest BCUT2D eigenvalue weighted by Crippen LogP contribution is -2.60. The smallest absolute Gasteiger partial charge is 0.229 e. The molecule has 44 heavy (non-hydrogen) atoms. The highest BCUT2D eigenvalue weighted by Gasteiger charge is 2.46. The number of fused-ring (bicyclic) bond motifs is 1. The highest BCUT2D eigenvalue weighted by Crippen LogP contribution is 2.35. The summed E-state index contributed by atoms with van der Waals surface area (Å²) in [6.07, 6.45) is -13.9. The van der Waals surface area contributed by atoms with Crippen LogP contribution in [0.2, 0.25) is 0 Å². The van der Waals surface area contributed by atoms with Crippen molar-refractivity contribution in [3.05, 3.63) is 46.6 Å². The lowest BCUT2D eigenvalue weighted by atomic mass is 9.96. The molecule has 0 spiro atoms. The lowest BCUT2D eigenvalue weighted by molar-refractivity contribution is -0.283. The summed E-state index contributed by atoms with van der Waals surface area (Å²) < 4.78 is 33.2. The molecule has 15 nitrogen and oxygen atoms in total. The van der Waals surface area contributed by atoms with Crippen molar-refractivity contribution in [2.45, 2.75) is 68.1 Å². The van der Waals surface area contributed by atoms with Crippen LogP contribution in [0, 0.1) is 0 Å². The van der Waals surface area contributed by atoms with Gasteiger partial charge in [0, 0.05) is 23.8 Å². The third-order valence-corrected chi connectivity index (χ3v) is 7.68. The van der Waals surface area contributed by atoms with E-state index in [1.807, 2.05) is 0 Å². The zero-order valence-corrected chi connectivity index (χ0v) is 23.6. The van der Waals surface area contributed by atoms with Crippen LogP contribution in [-0.4, -0.2) is 122 Å². The second kappa shape index (κ2) is 12.8. The SMILES string of the molecule is COc1ccc(-c2cc(=O)c3c(O)cc(O[C@@H]4O[C@H](COC[C@@H]5O[C@@H](C)[C@H](O)[C@@H](O)[C@H]5O)[C@@H](O)[C@H](O)[C@H]4O)cc3o2)cc1O. The van der Waals surface area contributed by atoms with Gasteiger partial charge < -0.3 is 69.0 Å². The van der Waals surface area contributed by atoms with E-state index in [1.54, 1.807) is 6.07 Å². The predicted molar refractivity (Wildman–Crippen MR) is 148 cm³/mol. The molecule has 0 unspecified atom stereocenters. The Kier molecular flexibility index (Phi) is 9.31. The molecule has 15 heteroatoms. The third kappa shape index (κ3) is 6.19. The second-order valence-electron chi connectivity index (χ2n) is 10.7. The van der Waals surface area contributed by atoms with Gasteiger partial charge in [0.25, 0.3) is 0 Å². The van der Waals surface area contributed by atoms with E-state index in [0.717, 1.165) is 12.1 Å². The summed E-state index contributed by atoms with van der Waals surface area (Å²) in [5.41, 5.74) is -0.352. The Balaban J connectivity index is 1.32. The van der Waals surface area contributed by atoms with Gasteiger partial charge in [0.05, 0.1) is 26.4 Å². The highest BCUT2D eigenvalue weighted by atomic mass is 16.7. The topological polar surface area (TPSA) is 238 Å². The monoisotopic (exact) mass is 622 g/mol. The van der Waals surface area contributed by atoms with Gasteiger partial charge in [-0.2, -0.15) is 0 Å². The summed E-state index contributed by atoms with van der Waals surface area (Å²) in [4.78, 5) is 12.8. The molecule has 10 atom stereocenters. The van der Waals surface area contributed by atoms with E-state index in [-0.39, 0.29) is 47.2 Å². The van der Waals surface area contributed by atoms with E-state index in [1.165, 1.54) is 32.2 Å². The average molecular weight is 623 g/mol. The van der Waals surface area contributed by atoms with Gasteiger partial charge in [-0.25, -0.2) is 0 Å². The van der Waals surface area contributed by atoms with Crippen LogP contribution in [-0.2, 0) is 14.2 Å². The molecule has 0 aliphatic carbocycles. The van der Waals surface area contributed by atoms with E-state index in [2.05, 4.69) is 0 Å². The molecule has 2 saturated heterocycles. The minimum atomic E-state index is -1.75. The Morgan fingerprint density at radius 3 is 2.09 bits per heavy atom. The number of phenolic OH excluding ortho intramolecular Hbond substituents is 2. The van der Waals surface area contributed by atoms with Crippen molar-refractivity contribution < 1.29 is 69.0 Å². The van der Waals surface area contributed by atoms with Crippen LogP contribution in [0.5, 0.6) is 23.0 Å². The van der Waals surface area contributed by atoms with Crippen molar-refractivity contribution in [3.63, 3.8) is 0 Å². The molecule has 0 bridgehead atoms. The summed E-state index contributed by atoms with van der Waals surface area (Å²) >= 11 is 0. The van der Waals surface area contributed by atoms with Gasteiger partial charge in [-0.05, 0) is 25.1 Å². The van der Waals surface area contributed by atoms with Crippen LogP contribution in [0.1, 0.15) is 6.92 Å². The van der Waals surface area contributed by atoms with Crippen LogP contribution in [0.25, 0.3) is 22.3 Å². The maximum Gasteiger partial charge on any atom is 0.229 e. The minimum Gasteiger partial charge on any atom is -0.507 e. The average Bonchev–Trinajstić information content (AvgIpc) is 2.99. The fourth-order valence-corrected chi connectivity index (χ4v) is 5.16. The maximum absolute atomic E-state index is 12.8. The van der Waals surface area contributed by atoms with E-state index >= 15 is 0 Å². The van der Waals surface area contributed by atoms with Crippen molar-refractivity contribution >= 4 is 11.0 Å². The second-order valence-corrected chi connectivity index (χ2v) is 10.7. The Labute approximate surface area is 249 Å². The molecule has 0 saturated carbocycles. The van der Waals surface area contributed by atoms with E-state index in [9.17, 15) is 45.6 Å². The summed E-state index contributed by atoms with van der Waals surface area (Å²) in [5.74, 6) is -0.552. The van der Waals surface area contributed by atoms with Crippen molar-refractivity contribution in [3.8, 4) is 34.3 Å². The van der Waals surface area contributed by atoms with Crippen molar-refractivity contribution in [1.29, 1.82) is 0 Å². The number of methoxy groups -OCH3 is 1. The fourth-order valence-electron chi connectivity index (χ4n) is 5.16. The molecule has 240 valence electrons. The first-order valence-electron chi connectivity index (χ1n) is 13.7. The summed E-state index contributed by atoms with van der Waals surface area (Å²) in [5, 5.41) is 82.0. The molecule has 3 aromatic rings. The summed E-state index contributed by atoms with van der Waals surface area (Å²) in [6.45, 7) is 0.888. The van der Waals surface area contributed by atoms with Gasteiger partial charge in [-0.3, -0.25) is 4.79 Å². The van der Waals surface area contributed by atoms with Crippen LogP contribution in [0.15, 0.2) is 45.6 Å². The summed E-state index contributed by atoms with van der Waals surface area (Å²) in [6, 6.07) is 7.84. The van der Waals surface area contributed by atoms with Crippen LogP contribution >= 0.6 is 0 Å². The third-order valence-electron chi connectivity index (χ3n) is 7.68. The van der Waals surface area contributed by atoms with Crippen LogP contribution < -0.4 is 14.9 Å². The zero-order valence-electron chi connectivity index (χ0n) is 23.6. The number of aliphatic hydroxyl groups excluding tert-OH is 6. The molecule has 8 N–H and O–H groups in total. The van der Waals surface area contributed by atoms with Crippen LogP contribution in [0.4, 0.5) is 0 Å². The van der Waals surface area contributed by atoms with Gasteiger partial charge in [0.1, 0.15) is 77.1 Å². The maximum atomic E-state index is 12.8. The van der Waals surface area contributed by atoms with Gasteiger partial charge in [-0.15, -0.1) is 0 Å². The number of phenols is 2. The largest absolute Gasteiger partial charge is 0.507 e. The highest BCUT2D eigenvalue weighted by molar-refractivity contribution is 5.86. The van der Waals surface area contributed by atoms with E-state index < -0.39 is 72.4 Å². The zero-order chi connectivity index (χ0) is 31.9. The molecule has 0 amide bonds. The van der Waals surface area contributed by atoms with E-state index in [0.29, 0.717) is 5.56 Å². The quantitative estimate of drug-likeness (QED) is 0.150. The van der Waals surface area contributed by atoms with Crippen LogP contribution in [0.3, 0.4) is 0 Å². The number of ether oxygens (including phenoxy) is 5. The Hall–Kier alpha value is -3.51. The normalized spacial score (nSPS) is 32.5. The van der Waals surface area contributed by atoms with Gasteiger partial charge >= 0.3 is 0 Å². The minimum absolute atomic E-state index is 0.0604. The Morgan fingerprint density at radius 2 is 1.43 bits per heavy atom. The number of aliphatic hydroxyl groups is 6. The van der Waals surface area contributed by atoms with Gasteiger partial charge in [-0.1, -0.05) is 0 Å². The number of rotatable bonds is 8. The predicted octanol–water partition coefficient (Wildman–Crippen LogP) is -1.05. The number of hydrogen-bond donors (Lipinski definition) is 8. The Bertz CT molecular complexity index is 1520. The molecule has 1 aromatic heterocycles. The first-order valence-corrected chi connectivity index (χ1v) is 13.7. The molecule has 2 aliphatic heterocycles. The number of hydrogen-bond acceptors (Lipinski definition) is 15. The summed E-state index contributed by atoms with van der Waals surface area (Å²) in [7, 11) is 1.38. The molecule has 0 radical (unpaired) electrons.